The second-order valence-corrected chi connectivity index (χ2v) is 6.11. The van der Waals surface area contributed by atoms with Crippen LogP contribution >= 0.6 is 0 Å². The molecule has 0 bridgehead atoms. The molecule has 0 aliphatic carbocycles. The summed E-state index contributed by atoms with van der Waals surface area (Å²) in [5, 5.41) is 5.71. The summed E-state index contributed by atoms with van der Waals surface area (Å²) in [4.78, 5) is 30.5. The fourth-order valence-corrected chi connectivity index (χ4v) is 3.32. The number of nitrogens with zero attached hydrogens (tertiary/aromatic N) is 2. The molecule has 0 spiro atoms. The van der Waals surface area contributed by atoms with Crippen LogP contribution in [0.15, 0.2) is 54.2 Å². The largest absolute Gasteiger partial charge is 0.324 e. The molecule has 0 radical (unpaired) electrons. The number of pyridine rings is 1. The lowest BCUT2D eigenvalue weighted by molar-refractivity contribution is -0.110. The number of urea groups is 1. The summed E-state index contributed by atoms with van der Waals surface area (Å²) in [5.74, 6) is 0.503. The first-order chi connectivity index (χ1) is 12.2. The summed E-state index contributed by atoms with van der Waals surface area (Å²) in [6.07, 6.45) is 3.05. The van der Waals surface area contributed by atoms with Crippen molar-refractivity contribution >= 4 is 29.0 Å². The molecule has 1 aromatic heterocycles. The van der Waals surface area contributed by atoms with Gasteiger partial charge in [-0.25, -0.2) is 9.78 Å². The topological polar surface area (TPSA) is 74.3 Å². The van der Waals surface area contributed by atoms with E-state index in [9.17, 15) is 9.59 Å². The van der Waals surface area contributed by atoms with Gasteiger partial charge in [-0.05, 0) is 31.0 Å². The summed E-state index contributed by atoms with van der Waals surface area (Å²) in [7, 11) is 0. The van der Waals surface area contributed by atoms with Crippen LogP contribution in [-0.4, -0.2) is 34.9 Å². The highest BCUT2D eigenvalue weighted by Gasteiger charge is 2.29. The Morgan fingerprint density at radius 3 is 2.60 bits per heavy atom. The van der Waals surface area contributed by atoms with Gasteiger partial charge in [0.2, 0.25) is 0 Å². The molecular formula is C19H18N4O2. The number of hydrogen-bond donors (Lipinski definition) is 2. The number of carbonyl (C=O) groups excluding carboxylic acids is 2. The normalized spacial score (nSPS) is 16.5. The lowest BCUT2D eigenvalue weighted by atomic mass is 9.94. The highest BCUT2D eigenvalue weighted by molar-refractivity contribution is 6.32. The number of hydrogen-bond acceptors (Lipinski definition) is 3. The number of aromatic nitrogens is 1. The molecule has 2 aromatic rings. The van der Waals surface area contributed by atoms with E-state index in [2.05, 4.69) is 15.6 Å². The van der Waals surface area contributed by atoms with Crippen molar-refractivity contribution in [3.05, 3.63) is 59.8 Å². The predicted octanol–water partition coefficient (Wildman–Crippen LogP) is 3.12. The zero-order valence-electron chi connectivity index (χ0n) is 13.7. The van der Waals surface area contributed by atoms with Crippen LogP contribution in [0.4, 0.5) is 16.3 Å². The Balaban J connectivity index is 1.47. The van der Waals surface area contributed by atoms with Crippen LogP contribution in [0.2, 0.25) is 0 Å². The van der Waals surface area contributed by atoms with Crippen LogP contribution in [0.5, 0.6) is 0 Å². The number of rotatable bonds is 1. The summed E-state index contributed by atoms with van der Waals surface area (Å²) < 4.78 is 0. The Kier molecular flexibility index (Phi) is 3.93. The molecule has 4 rings (SSSR count). The molecular weight excluding hydrogens is 316 g/mol. The van der Waals surface area contributed by atoms with Crippen LogP contribution in [0.3, 0.4) is 0 Å². The summed E-state index contributed by atoms with van der Waals surface area (Å²) in [6.45, 7) is 1.18. The Hall–Kier alpha value is -3.15. The lowest BCUT2D eigenvalue weighted by Crippen LogP contribution is -2.39. The molecule has 3 heterocycles. The maximum Gasteiger partial charge on any atom is 0.323 e. The molecule has 0 saturated carbocycles. The number of benzene rings is 1. The van der Waals surface area contributed by atoms with Gasteiger partial charge in [-0.1, -0.05) is 29.8 Å². The van der Waals surface area contributed by atoms with Crippen LogP contribution in [0.1, 0.15) is 18.4 Å². The van der Waals surface area contributed by atoms with Gasteiger partial charge in [-0.2, -0.15) is 0 Å². The predicted molar refractivity (Wildman–Crippen MR) is 96.1 cm³/mol. The Morgan fingerprint density at radius 1 is 1.08 bits per heavy atom. The van der Waals surface area contributed by atoms with Crippen LogP contribution < -0.4 is 10.6 Å². The number of amides is 3. The van der Waals surface area contributed by atoms with Gasteiger partial charge in [0.1, 0.15) is 5.82 Å². The lowest BCUT2D eigenvalue weighted by Gasteiger charge is -2.29. The van der Waals surface area contributed by atoms with Gasteiger partial charge in [-0.15, -0.1) is 0 Å². The minimum atomic E-state index is -0.154. The SMILES string of the molecule is O=C1Nc2ccccc2C1=C1CCN(C(=O)Nc2ccccn2)CC1. The molecule has 2 aliphatic heterocycles. The van der Waals surface area contributed by atoms with Crippen molar-refractivity contribution in [2.45, 2.75) is 12.8 Å². The average Bonchev–Trinajstić information content (AvgIpc) is 2.98. The number of likely N-dealkylation sites (tertiary alicyclic amines) is 1. The fraction of sp³-hybridized carbons (Fsp3) is 0.211. The maximum absolute atomic E-state index is 12.3. The molecule has 3 amide bonds. The van der Waals surface area contributed by atoms with E-state index in [-0.39, 0.29) is 11.9 Å². The number of anilines is 2. The van der Waals surface area contributed by atoms with E-state index in [1.54, 1.807) is 23.2 Å². The number of piperidine rings is 1. The molecule has 1 fully saturated rings. The Morgan fingerprint density at radius 2 is 1.84 bits per heavy atom. The summed E-state index contributed by atoms with van der Waals surface area (Å²) >= 11 is 0. The van der Waals surface area contributed by atoms with E-state index >= 15 is 0 Å². The third-order valence-corrected chi connectivity index (χ3v) is 4.58. The number of carbonyl (C=O) groups is 2. The van der Waals surface area contributed by atoms with Crippen molar-refractivity contribution in [1.29, 1.82) is 0 Å². The fourth-order valence-electron chi connectivity index (χ4n) is 3.32. The molecule has 2 N–H and O–H groups in total. The first-order valence-electron chi connectivity index (χ1n) is 8.32. The standard InChI is InChI=1S/C19H18N4O2/c24-18-17(14-5-1-2-6-15(14)21-18)13-8-11-23(12-9-13)19(25)22-16-7-3-4-10-20-16/h1-7,10H,8-9,11-12H2,(H,21,24)(H,20,22,25). The van der Waals surface area contributed by atoms with Gasteiger partial charge in [0.25, 0.3) is 5.91 Å². The molecule has 6 heteroatoms. The van der Waals surface area contributed by atoms with Gasteiger partial charge >= 0.3 is 6.03 Å². The third kappa shape index (κ3) is 2.98. The molecule has 2 aliphatic rings. The van der Waals surface area contributed by atoms with Crippen molar-refractivity contribution in [2.24, 2.45) is 0 Å². The van der Waals surface area contributed by atoms with Crippen molar-refractivity contribution < 1.29 is 9.59 Å². The van der Waals surface area contributed by atoms with E-state index in [0.717, 1.165) is 22.4 Å². The molecule has 0 atom stereocenters. The molecule has 126 valence electrons. The highest BCUT2D eigenvalue weighted by Crippen LogP contribution is 2.36. The molecule has 1 saturated heterocycles. The minimum Gasteiger partial charge on any atom is -0.324 e. The molecule has 6 nitrogen and oxygen atoms in total. The quantitative estimate of drug-likeness (QED) is 0.787. The second kappa shape index (κ2) is 6.39. The number of fused-ring (bicyclic) bond motifs is 1. The zero-order chi connectivity index (χ0) is 17.2. The Labute approximate surface area is 145 Å². The first-order valence-corrected chi connectivity index (χ1v) is 8.32. The van der Waals surface area contributed by atoms with Crippen molar-refractivity contribution in [1.82, 2.24) is 9.88 Å². The molecule has 0 unspecified atom stereocenters. The van der Waals surface area contributed by atoms with Crippen molar-refractivity contribution in [3.8, 4) is 0 Å². The highest BCUT2D eigenvalue weighted by atomic mass is 16.2. The van der Waals surface area contributed by atoms with E-state index in [1.165, 1.54) is 0 Å². The van der Waals surface area contributed by atoms with Gasteiger partial charge in [0.15, 0.2) is 0 Å². The monoisotopic (exact) mass is 334 g/mol. The van der Waals surface area contributed by atoms with E-state index in [0.29, 0.717) is 31.7 Å². The van der Waals surface area contributed by atoms with E-state index < -0.39 is 0 Å². The van der Waals surface area contributed by atoms with E-state index in [1.807, 2.05) is 30.3 Å². The van der Waals surface area contributed by atoms with Crippen LogP contribution in [-0.2, 0) is 4.79 Å². The van der Waals surface area contributed by atoms with Gasteiger partial charge in [0, 0.05) is 36.1 Å². The number of para-hydroxylation sites is 1. The van der Waals surface area contributed by atoms with Crippen molar-refractivity contribution in [2.75, 3.05) is 23.7 Å². The minimum absolute atomic E-state index is 0.0393. The Bertz CT molecular complexity index is 851. The second-order valence-electron chi connectivity index (χ2n) is 6.11. The summed E-state index contributed by atoms with van der Waals surface area (Å²) in [6, 6.07) is 13.0. The average molecular weight is 334 g/mol. The van der Waals surface area contributed by atoms with E-state index in [4.69, 9.17) is 0 Å². The van der Waals surface area contributed by atoms with Gasteiger partial charge in [-0.3, -0.25) is 10.1 Å². The van der Waals surface area contributed by atoms with Crippen LogP contribution in [0.25, 0.3) is 5.57 Å². The summed E-state index contributed by atoms with van der Waals surface area (Å²) in [5.41, 5.74) is 3.73. The zero-order valence-corrected chi connectivity index (χ0v) is 13.7. The van der Waals surface area contributed by atoms with Gasteiger partial charge in [0.05, 0.1) is 0 Å². The molecule has 25 heavy (non-hydrogen) atoms. The first kappa shape index (κ1) is 15.4. The number of nitrogens with one attached hydrogen (secondary N) is 2. The maximum atomic E-state index is 12.3. The third-order valence-electron chi connectivity index (χ3n) is 4.58. The molecule has 1 aromatic carbocycles. The van der Waals surface area contributed by atoms with Crippen LogP contribution in [0, 0.1) is 0 Å². The smallest absolute Gasteiger partial charge is 0.323 e. The van der Waals surface area contributed by atoms with Gasteiger partial charge < -0.3 is 10.2 Å². The van der Waals surface area contributed by atoms with Crippen molar-refractivity contribution in [3.63, 3.8) is 0 Å².